The molecule has 3 N–H and O–H groups in total. The third kappa shape index (κ3) is 7.99. The van der Waals surface area contributed by atoms with Crippen LogP contribution in [-0.4, -0.2) is 70.3 Å². The Morgan fingerprint density at radius 3 is 2.56 bits per heavy atom. The molecule has 7 nitrogen and oxygen atoms in total. The van der Waals surface area contributed by atoms with E-state index in [1.165, 1.54) is 7.05 Å². The number of carbonyl (C=O) groups is 2. The molecule has 0 aromatic rings. The zero-order valence-electron chi connectivity index (χ0n) is 11.6. The van der Waals surface area contributed by atoms with Gasteiger partial charge in [0, 0.05) is 33.8 Å². The molecule has 3 amide bonds. The van der Waals surface area contributed by atoms with Crippen molar-refractivity contribution >= 4 is 11.9 Å². The highest BCUT2D eigenvalue weighted by atomic mass is 16.5. The number of nitrogens with one attached hydrogen (secondary N) is 3. The van der Waals surface area contributed by atoms with Gasteiger partial charge in [-0.15, -0.1) is 0 Å². The molecular weight excluding hydrogens is 236 g/mol. The average Bonchev–Trinajstić information content (AvgIpc) is 2.35. The minimum atomic E-state index is -0.495. The van der Waals surface area contributed by atoms with E-state index >= 15 is 0 Å². The maximum absolute atomic E-state index is 11.5. The summed E-state index contributed by atoms with van der Waals surface area (Å²) in [5.41, 5.74) is 0. The van der Waals surface area contributed by atoms with Gasteiger partial charge in [0.1, 0.15) is 0 Å². The fourth-order valence-electron chi connectivity index (χ4n) is 1.21. The van der Waals surface area contributed by atoms with Crippen LogP contribution in [0.4, 0.5) is 4.79 Å². The molecule has 0 rings (SSSR count). The highest BCUT2D eigenvalue weighted by Gasteiger charge is 2.14. The van der Waals surface area contributed by atoms with Crippen LogP contribution < -0.4 is 16.0 Å². The zero-order valence-corrected chi connectivity index (χ0v) is 11.6. The number of methoxy groups -OCH3 is 1. The first-order valence-electron chi connectivity index (χ1n) is 5.94. The van der Waals surface area contributed by atoms with E-state index in [4.69, 9.17) is 4.74 Å². The van der Waals surface area contributed by atoms with Gasteiger partial charge in [-0.1, -0.05) is 0 Å². The molecule has 18 heavy (non-hydrogen) atoms. The second-order valence-corrected chi connectivity index (χ2v) is 4.04. The minimum Gasteiger partial charge on any atom is -0.383 e. The Labute approximate surface area is 108 Å². The second kappa shape index (κ2) is 9.81. The van der Waals surface area contributed by atoms with Crippen molar-refractivity contribution in [3.63, 3.8) is 0 Å². The molecule has 0 saturated carbocycles. The van der Waals surface area contributed by atoms with Crippen LogP contribution in [0.3, 0.4) is 0 Å². The smallest absolute Gasteiger partial charge is 0.321 e. The zero-order chi connectivity index (χ0) is 14.0. The topological polar surface area (TPSA) is 82.7 Å². The van der Waals surface area contributed by atoms with Crippen molar-refractivity contribution < 1.29 is 14.3 Å². The van der Waals surface area contributed by atoms with E-state index < -0.39 is 12.1 Å². The van der Waals surface area contributed by atoms with Gasteiger partial charge < -0.3 is 20.3 Å². The largest absolute Gasteiger partial charge is 0.383 e. The van der Waals surface area contributed by atoms with Gasteiger partial charge in [-0.05, 0) is 14.0 Å². The summed E-state index contributed by atoms with van der Waals surface area (Å²) < 4.78 is 4.96. The molecule has 0 fully saturated rings. The quantitative estimate of drug-likeness (QED) is 0.521. The molecule has 0 aliphatic heterocycles. The summed E-state index contributed by atoms with van der Waals surface area (Å²) in [7, 11) is 5.11. The predicted molar refractivity (Wildman–Crippen MR) is 69.4 cm³/mol. The van der Waals surface area contributed by atoms with Crippen LogP contribution in [-0.2, 0) is 9.53 Å². The third-order valence-electron chi connectivity index (χ3n) is 2.48. The molecular formula is C11H24N4O3. The molecule has 0 heterocycles. The van der Waals surface area contributed by atoms with Gasteiger partial charge >= 0.3 is 6.03 Å². The SMILES string of the molecule is CNC(=O)NC(=O)C(C)NCCN(C)CCOC. The van der Waals surface area contributed by atoms with Gasteiger partial charge in [-0.3, -0.25) is 10.1 Å². The maximum atomic E-state index is 11.5. The Hall–Kier alpha value is -1.18. The molecule has 0 aliphatic carbocycles. The van der Waals surface area contributed by atoms with Crippen LogP contribution in [0.1, 0.15) is 6.92 Å². The molecule has 0 bridgehead atoms. The van der Waals surface area contributed by atoms with Crippen molar-refractivity contribution in [2.45, 2.75) is 13.0 Å². The number of hydrogen-bond acceptors (Lipinski definition) is 5. The van der Waals surface area contributed by atoms with Gasteiger partial charge in [-0.25, -0.2) is 4.79 Å². The number of amides is 3. The first-order chi connectivity index (χ1) is 8.51. The molecule has 1 atom stereocenters. The van der Waals surface area contributed by atoms with Gasteiger partial charge in [0.15, 0.2) is 0 Å². The summed E-state index contributed by atoms with van der Waals surface area (Å²) in [5, 5.41) is 7.59. The maximum Gasteiger partial charge on any atom is 0.321 e. The van der Waals surface area contributed by atoms with E-state index in [1.54, 1.807) is 14.0 Å². The Kier molecular flexibility index (Phi) is 9.17. The van der Waals surface area contributed by atoms with Crippen molar-refractivity contribution in [1.82, 2.24) is 20.9 Å². The van der Waals surface area contributed by atoms with Gasteiger partial charge in [-0.2, -0.15) is 0 Å². The number of rotatable bonds is 8. The lowest BCUT2D eigenvalue weighted by molar-refractivity contribution is -0.121. The summed E-state index contributed by atoms with van der Waals surface area (Å²) in [6, 6.07) is -0.899. The van der Waals surface area contributed by atoms with Gasteiger partial charge in [0.25, 0.3) is 0 Å². The summed E-state index contributed by atoms with van der Waals surface area (Å²) in [6.45, 7) is 4.72. The van der Waals surface area contributed by atoms with Crippen LogP contribution in [0, 0.1) is 0 Å². The van der Waals surface area contributed by atoms with Gasteiger partial charge in [0.2, 0.25) is 5.91 Å². The molecule has 0 saturated heterocycles. The number of hydrogen-bond donors (Lipinski definition) is 3. The summed E-state index contributed by atoms with van der Waals surface area (Å²) >= 11 is 0. The summed E-state index contributed by atoms with van der Waals surface area (Å²) in [6.07, 6.45) is 0. The monoisotopic (exact) mass is 260 g/mol. The van der Waals surface area contributed by atoms with E-state index in [0.717, 1.165) is 13.1 Å². The number of imide groups is 1. The molecule has 7 heteroatoms. The Bertz CT molecular complexity index is 261. The molecule has 0 aromatic heterocycles. The van der Waals surface area contributed by atoms with Crippen LogP contribution >= 0.6 is 0 Å². The Morgan fingerprint density at radius 2 is 2.00 bits per heavy atom. The summed E-state index contributed by atoms with van der Waals surface area (Å²) in [4.78, 5) is 24.5. The van der Waals surface area contributed by atoms with Crippen molar-refractivity contribution in [3.8, 4) is 0 Å². The van der Waals surface area contributed by atoms with Gasteiger partial charge in [0.05, 0.1) is 12.6 Å². The molecule has 0 aliphatic rings. The first-order valence-corrected chi connectivity index (χ1v) is 5.94. The number of carbonyl (C=O) groups excluding carboxylic acids is 2. The lowest BCUT2D eigenvalue weighted by atomic mass is 10.3. The molecule has 106 valence electrons. The van der Waals surface area contributed by atoms with E-state index in [0.29, 0.717) is 13.2 Å². The minimum absolute atomic E-state index is 0.339. The van der Waals surface area contributed by atoms with E-state index in [-0.39, 0.29) is 5.91 Å². The van der Waals surface area contributed by atoms with Crippen molar-refractivity contribution in [2.75, 3.05) is 47.4 Å². The first kappa shape index (κ1) is 16.8. The average molecular weight is 260 g/mol. The molecule has 1 unspecified atom stereocenters. The highest BCUT2D eigenvalue weighted by Crippen LogP contribution is 1.85. The number of likely N-dealkylation sites (N-methyl/N-ethyl adjacent to an activating group) is 1. The van der Waals surface area contributed by atoms with Crippen LogP contribution in [0.5, 0.6) is 0 Å². The number of ether oxygens (including phenoxy) is 1. The van der Waals surface area contributed by atoms with E-state index in [9.17, 15) is 9.59 Å². The van der Waals surface area contributed by atoms with Crippen LogP contribution in [0.25, 0.3) is 0 Å². The van der Waals surface area contributed by atoms with Crippen molar-refractivity contribution in [1.29, 1.82) is 0 Å². The normalized spacial score (nSPS) is 12.3. The van der Waals surface area contributed by atoms with E-state index in [1.807, 2.05) is 7.05 Å². The third-order valence-corrected chi connectivity index (χ3v) is 2.48. The lowest BCUT2D eigenvalue weighted by Gasteiger charge is -2.18. The lowest BCUT2D eigenvalue weighted by Crippen LogP contribution is -2.48. The standard InChI is InChI=1S/C11H24N4O3/c1-9(10(16)14-11(17)12-2)13-5-6-15(3)7-8-18-4/h9,13H,5-8H2,1-4H3,(H2,12,14,16,17). The van der Waals surface area contributed by atoms with E-state index in [2.05, 4.69) is 20.9 Å². The number of nitrogens with zero attached hydrogens (tertiary/aromatic N) is 1. The summed E-state index contributed by atoms with van der Waals surface area (Å²) in [5.74, 6) is -0.339. The highest BCUT2D eigenvalue weighted by molar-refractivity contribution is 5.96. The fraction of sp³-hybridized carbons (Fsp3) is 0.818. The predicted octanol–water partition coefficient (Wildman–Crippen LogP) is -1.00. The Balaban J connectivity index is 3.72. The molecule has 0 spiro atoms. The number of urea groups is 1. The molecule has 0 radical (unpaired) electrons. The van der Waals surface area contributed by atoms with Crippen molar-refractivity contribution in [3.05, 3.63) is 0 Å². The second-order valence-electron chi connectivity index (χ2n) is 4.04. The van der Waals surface area contributed by atoms with Crippen LogP contribution in [0.2, 0.25) is 0 Å². The van der Waals surface area contributed by atoms with Crippen molar-refractivity contribution in [2.24, 2.45) is 0 Å². The Morgan fingerprint density at radius 1 is 1.33 bits per heavy atom. The van der Waals surface area contributed by atoms with Crippen LogP contribution in [0.15, 0.2) is 0 Å². The fourth-order valence-corrected chi connectivity index (χ4v) is 1.21. The molecule has 0 aromatic carbocycles.